The third-order valence-corrected chi connectivity index (χ3v) is 5.69. The topological polar surface area (TPSA) is 98.4 Å². The highest BCUT2D eigenvalue weighted by Crippen LogP contribution is 2.37. The van der Waals surface area contributed by atoms with Gasteiger partial charge in [0.15, 0.2) is 23.5 Å². The first-order valence-corrected chi connectivity index (χ1v) is 10.8. The highest BCUT2D eigenvalue weighted by atomic mass is 16.5. The lowest BCUT2D eigenvalue weighted by Crippen LogP contribution is -2.27. The molecule has 1 heterocycles. The van der Waals surface area contributed by atoms with Crippen molar-refractivity contribution in [3.8, 4) is 34.3 Å². The van der Waals surface area contributed by atoms with Gasteiger partial charge in [0.1, 0.15) is 28.2 Å². The Balaban J connectivity index is 1.70. The van der Waals surface area contributed by atoms with E-state index < -0.39 is 5.43 Å². The zero-order chi connectivity index (χ0) is 23.5. The Morgan fingerprint density at radius 3 is 2.58 bits per heavy atom. The van der Waals surface area contributed by atoms with E-state index in [2.05, 4.69) is 0 Å². The van der Waals surface area contributed by atoms with Crippen molar-refractivity contribution in [2.24, 2.45) is 0 Å². The molecular weight excluding hydrogens is 426 g/mol. The largest absolute Gasteiger partial charge is 0.507 e. The zero-order valence-electron chi connectivity index (χ0n) is 18.9. The number of rotatable bonds is 7. The van der Waals surface area contributed by atoms with E-state index in [9.17, 15) is 14.7 Å². The molecule has 174 valence electrons. The van der Waals surface area contributed by atoms with Gasteiger partial charge in [-0.2, -0.15) is 0 Å². The molecule has 0 saturated heterocycles. The van der Waals surface area contributed by atoms with Gasteiger partial charge in [0.05, 0.1) is 13.2 Å². The summed E-state index contributed by atoms with van der Waals surface area (Å²) in [6.07, 6.45) is 4.41. The van der Waals surface area contributed by atoms with Gasteiger partial charge in [-0.05, 0) is 43.9 Å². The predicted octanol–water partition coefficient (Wildman–Crippen LogP) is 3.96. The summed E-state index contributed by atoms with van der Waals surface area (Å²) < 4.78 is 23.0. The Hall–Kier alpha value is -3.68. The average molecular weight is 453 g/mol. The number of fused-ring (bicyclic) bond motifs is 1. The minimum Gasteiger partial charge on any atom is -0.507 e. The molecule has 3 aromatic rings. The molecule has 0 bridgehead atoms. The Morgan fingerprint density at radius 2 is 1.88 bits per heavy atom. The summed E-state index contributed by atoms with van der Waals surface area (Å²) in [6.45, 7) is -0.206. The molecule has 1 aromatic heterocycles. The maximum absolute atomic E-state index is 12.8. The van der Waals surface area contributed by atoms with E-state index in [1.807, 2.05) is 0 Å². The Kier molecular flexibility index (Phi) is 6.44. The second-order valence-corrected chi connectivity index (χ2v) is 8.26. The van der Waals surface area contributed by atoms with E-state index in [4.69, 9.17) is 18.6 Å². The third-order valence-electron chi connectivity index (χ3n) is 5.69. The van der Waals surface area contributed by atoms with E-state index in [1.165, 1.54) is 23.1 Å². The lowest BCUT2D eigenvalue weighted by atomic mass is 10.1. The molecule has 1 aliphatic rings. The zero-order valence-corrected chi connectivity index (χ0v) is 18.9. The fourth-order valence-corrected chi connectivity index (χ4v) is 3.85. The monoisotopic (exact) mass is 453 g/mol. The molecule has 1 amide bonds. The van der Waals surface area contributed by atoms with Gasteiger partial charge in [-0.15, -0.1) is 0 Å². The van der Waals surface area contributed by atoms with Crippen molar-refractivity contribution < 1.29 is 28.5 Å². The Labute approximate surface area is 191 Å². The van der Waals surface area contributed by atoms with Crippen LogP contribution in [0.4, 0.5) is 0 Å². The van der Waals surface area contributed by atoms with Gasteiger partial charge in [-0.25, -0.2) is 0 Å². The minimum absolute atomic E-state index is 0.0426. The number of hydrogen-bond donors (Lipinski definition) is 1. The molecule has 0 atom stereocenters. The van der Waals surface area contributed by atoms with Crippen LogP contribution in [0.25, 0.3) is 22.3 Å². The first-order chi connectivity index (χ1) is 15.9. The van der Waals surface area contributed by atoms with Gasteiger partial charge in [-0.3, -0.25) is 9.59 Å². The number of carbonyl (C=O) groups is 1. The van der Waals surface area contributed by atoms with Crippen LogP contribution in [0.2, 0.25) is 0 Å². The summed E-state index contributed by atoms with van der Waals surface area (Å²) >= 11 is 0. The van der Waals surface area contributed by atoms with Gasteiger partial charge in [0, 0.05) is 37.9 Å². The van der Waals surface area contributed by atoms with Crippen LogP contribution in [0.1, 0.15) is 25.7 Å². The standard InChI is InChI=1S/C25H27NO7/c1-26(2)24(29)14-31-17-11-18(27)25-19(28)13-21(33-23(25)12-17)15-8-9-20(30-3)22(10-15)32-16-6-4-5-7-16/h8-13,16,27H,4-7,14H2,1-3H3. The van der Waals surface area contributed by atoms with Crippen molar-refractivity contribution >= 4 is 16.9 Å². The van der Waals surface area contributed by atoms with Crippen LogP contribution in [0.3, 0.4) is 0 Å². The summed E-state index contributed by atoms with van der Waals surface area (Å²) in [4.78, 5) is 26.0. The van der Waals surface area contributed by atoms with Gasteiger partial charge in [-0.1, -0.05) is 0 Å². The molecule has 1 aliphatic carbocycles. The number of amides is 1. The number of phenols is 1. The molecule has 1 N–H and O–H groups in total. The number of methoxy groups -OCH3 is 1. The maximum atomic E-state index is 12.8. The minimum atomic E-state index is -0.395. The highest BCUT2D eigenvalue weighted by Gasteiger charge is 2.20. The second kappa shape index (κ2) is 9.44. The molecular formula is C25H27NO7. The molecule has 8 nitrogen and oxygen atoms in total. The molecule has 0 unspecified atom stereocenters. The van der Waals surface area contributed by atoms with Crippen molar-refractivity contribution in [3.63, 3.8) is 0 Å². The number of hydrogen-bond acceptors (Lipinski definition) is 7. The SMILES string of the molecule is COc1ccc(-c2cc(=O)c3c(O)cc(OCC(=O)N(C)C)cc3o2)cc1OC1CCCC1. The van der Waals surface area contributed by atoms with Crippen molar-refractivity contribution in [1.82, 2.24) is 4.90 Å². The summed E-state index contributed by atoms with van der Waals surface area (Å²) in [7, 11) is 4.82. The molecule has 0 spiro atoms. The van der Waals surface area contributed by atoms with Crippen LogP contribution in [-0.4, -0.2) is 49.8 Å². The molecule has 0 aliphatic heterocycles. The number of aromatic hydroxyl groups is 1. The Bertz CT molecular complexity index is 1230. The van der Waals surface area contributed by atoms with Crippen molar-refractivity contribution in [2.45, 2.75) is 31.8 Å². The normalized spacial score (nSPS) is 13.8. The number of carbonyl (C=O) groups excluding carboxylic acids is 1. The van der Waals surface area contributed by atoms with E-state index in [0.29, 0.717) is 22.8 Å². The van der Waals surface area contributed by atoms with Crippen LogP contribution in [-0.2, 0) is 4.79 Å². The first-order valence-electron chi connectivity index (χ1n) is 10.8. The van der Waals surface area contributed by atoms with Crippen molar-refractivity contribution in [2.75, 3.05) is 27.8 Å². The fourth-order valence-electron chi connectivity index (χ4n) is 3.85. The third kappa shape index (κ3) is 4.89. The molecule has 8 heteroatoms. The summed E-state index contributed by atoms with van der Waals surface area (Å²) in [5.74, 6) is 1.21. The van der Waals surface area contributed by atoms with Crippen molar-refractivity contribution in [1.29, 1.82) is 0 Å². The lowest BCUT2D eigenvalue weighted by molar-refractivity contribution is -0.130. The van der Waals surface area contributed by atoms with Crippen LogP contribution in [0, 0.1) is 0 Å². The molecule has 1 fully saturated rings. The second-order valence-electron chi connectivity index (χ2n) is 8.26. The van der Waals surface area contributed by atoms with E-state index in [-0.39, 0.29) is 41.1 Å². The van der Waals surface area contributed by atoms with Crippen LogP contribution < -0.4 is 19.6 Å². The molecule has 4 rings (SSSR count). The van der Waals surface area contributed by atoms with E-state index in [0.717, 1.165) is 25.7 Å². The first kappa shape index (κ1) is 22.5. The summed E-state index contributed by atoms with van der Waals surface area (Å²) in [5.41, 5.74) is 0.393. The lowest BCUT2D eigenvalue weighted by Gasteiger charge is -2.17. The van der Waals surface area contributed by atoms with Gasteiger partial charge in [0.2, 0.25) is 0 Å². The molecule has 2 aromatic carbocycles. The number of ether oxygens (including phenoxy) is 3. The molecule has 0 radical (unpaired) electrons. The van der Waals surface area contributed by atoms with Crippen molar-refractivity contribution in [3.05, 3.63) is 46.6 Å². The number of nitrogens with zero attached hydrogens (tertiary/aromatic N) is 1. The fraction of sp³-hybridized carbons (Fsp3) is 0.360. The maximum Gasteiger partial charge on any atom is 0.259 e. The average Bonchev–Trinajstić information content (AvgIpc) is 3.29. The molecule has 1 saturated carbocycles. The van der Waals surface area contributed by atoms with E-state index >= 15 is 0 Å². The number of likely N-dealkylation sites (N-methyl/N-ethyl adjacent to an activating group) is 1. The van der Waals surface area contributed by atoms with Crippen LogP contribution in [0.15, 0.2) is 45.6 Å². The van der Waals surface area contributed by atoms with Crippen LogP contribution in [0.5, 0.6) is 23.0 Å². The van der Waals surface area contributed by atoms with Crippen LogP contribution >= 0.6 is 0 Å². The smallest absolute Gasteiger partial charge is 0.259 e. The predicted molar refractivity (Wildman–Crippen MR) is 123 cm³/mol. The highest BCUT2D eigenvalue weighted by molar-refractivity contribution is 5.86. The van der Waals surface area contributed by atoms with E-state index in [1.54, 1.807) is 39.4 Å². The van der Waals surface area contributed by atoms with Gasteiger partial charge >= 0.3 is 0 Å². The summed E-state index contributed by atoms with van der Waals surface area (Å²) in [5, 5.41) is 10.4. The van der Waals surface area contributed by atoms with Gasteiger partial charge in [0.25, 0.3) is 5.91 Å². The Morgan fingerprint density at radius 1 is 1.12 bits per heavy atom. The summed E-state index contributed by atoms with van der Waals surface area (Å²) in [6, 6.07) is 9.45. The van der Waals surface area contributed by atoms with Gasteiger partial charge < -0.3 is 28.6 Å². The quantitative estimate of drug-likeness (QED) is 0.578. The number of phenolic OH excluding ortho intramolecular Hbond substituents is 1. The molecule has 33 heavy (non-hydrogen) atoms. The number of benzene rings is 2.